The summed E-state index contributed by atoms with van der Waals surface area (Å²) in [6.07, 6.45) is 4.60. The summed E-state index contributed by atoms with van der Waals surface area (Å²) >= 11 is 1.45. The molecule has 7 nitrogen and oxygen atoms in total. The van der Waals surface area contributed by atoms with E-state index in [1.807, 2.05) is 54.2 Å². The van der Waals surface area contributed by atoms with E-state index in [0.717, 1.165) is 33.8 Å². The third-order valence-electron chi connectivity index (χ3n) is 4.81. The highest BCUT2D eigenvalue weighted by Gasteiger charge is 2.25. The molecule has 1 aliphatic heterocycles. The first kappa shape index (κ1) is 17.9. The van der Waals surface area contributed by atoms with Crippen molar-refractivity contribution in [1.29, 1.82) is 0 Å². The Balaban J connectivity index is 1.47. The van der Waals surface area contributed by atoms with Gasteiger partial charge in [-0.1, -0.05) is 17.3 Å². The minimum absolute atomic E-state index is 0.616. The monoisotopic (exact) mass is 408 g/mol. The van der Waals surface area contributed by atoms with E-state index in [0.29, 0.717) is 31.2 Å². The van der Waals surface area contributed by atoms with E-state index in [2.05, 4.69) is 15.0 Å². The molecule has 2 aromatic carbocycles. The molecule has 0 saturated heterocycles. The van der Waals surface area contributed by atoms with Gasteiger partial charge in [-0.25, -0.2) is 0 Å². The van der Waals surface area contributed by atoms with Gasteiger partial charge in [-0.05, 0) is 48.7 Å². The molecule has 1 aliphatic rings. The first-order valence-corrected chi connectivity index (χ1v) is 10.3. The SMILES string of the molecule is CCOc1ccccc1SNc1noc2cc(Cn3cccn3)c3c(c12)OCC3. The highest BCUT2D eigenvalue weighted by molar-refractivity contribution is 8.00. The van der Waals surface area contributed by atoms with Crippen molar-refractivity contribution in [2.75, 3.05) is 17.9 Å². The molecule has 0 spiro atoms. The number of benzene rings is 2. The molecule has 8 heteroatoms. The molecule has 0 fully saturated rings. The molecule has 4 aromatic rings. The molecular weight excluding hydrogens is 388 g/mol. The summed E-state index contributed by atoms with van der Waals surface area (Å²) < 4.78 is 22.5. The zero-order chi connectivity index (χ0) is 19.6. The maximum absolute atomic E-state index is 5.98. The zero-order valence-electron chi connectivity index (χ0n) is 15.9. The predicted molar refractivity (Wildman–Crippen MR) is 112 cm³/mol. The molecule has 0 bridgehead atoms. The van der Waals surface area contributed by atoms with Crippen LogP contribution in [0.15, 0.2) is 58.2 Å². The third kappa shape index (κ3) is 3.40. The van der Waals surface area contributed by atoms with Crippen molar-refractivity contribution in [2.45, 2.75) is 24.8 Å². The maximum atomic E-state index is 5.98. The second-order valence-electron chi connectivity index (χ2n) is 6.63. The molecule has 3 heterocycles. The standard InChI is InChI=1S/C21H20N4O3S/c1-2-26-16-6-3-4-7-18(16)29-24-21-19-17(28-23-21)12-14(13-25-10-5-9-22-25)15-8-11-27-20(15)19/h3-7,9-10,12H,2,8,11,13H2,1H3,(H,23,24). The van der Waals surface area contributed by atoms with Crippen LogP contribution in [0, 0.1) is 0 Å². The van der Waals surface area contributed by atoms with Gasteiger partial charge in [-0.3, -0.25) is 4.68 Å². The maximum Gasteiger partial charge on any atom is 0.191 e. The summed E-state index contributed by atoms with van der Waals surface area (Å²) in [6, 6.07) is 11.9. The zero-order valence-corrected chi connectivity index (χ0v) is 16.7. The van der Waals surface area contributed by atoms with Gasteiger partial charge >= 0.3 is 0 Å². The van der Waals surface area contributed by atoms with Crippen LogP contribution >= 0.6 is 11.9 Å². The van der Waals surface area contributed by atoms with Gasteiger partial charge in [-0.2, -0.15) is 5.10 Å². The number of hydrogen-bond acceptors (Lipinski definition) is 7. The largest absolute Gasteiger partial charge is 0.493 e. The van der Waals surface area contributed by atoms with Crippen LogP contribution in [-0.2, 0) is 13.0 Å². The molecule has 0 unspecified atom stereocenters. The number of hydrogen-bond donors (Lipinski definition) is 1. The first-order valence-electron chi connectivity index (χ1n) is 9.52. The van der Waals surface area contributed by atoms with Gasteiger partial charge in [0.2, 0.25) is 0 Å². The second-order valence-corrected chi connectivity index (χ2v) is 7.48. The fourth-order valence-corrected chi connectivity index (χ4v) is 4.26. The number of nitrogens with zero attached hydrogens (tertiary/aromatic N) is 3. The van der Waals surface area contributed by atoms with E-state index in [1.165, 1.54) is 17.5 Å². The Bertz CT molecular complexity index is 1140. The summed E-state index contributed by atoms with van der Waals surface area (Å²) in [7, 11) is 0. The van der Waals surface area contributed by atoms with Gasteiger partial charge in [0.15, 0.2) is 11.4 Å². The Morgan fingerprint density at radius 3 is 3.07 bits per heavy atom. The van der Waals surface area contributed by atoms with Crippen LogP contribution in [-0.4, -0.2) is 28.2 Å². The van der Waals surface area contributed by atoms with Crippen LogP contribution in [0.5, 0.6) is 11.5 Å². The first-order chi connectivity index (χ1) is 14.3. The number of rotatable bonds is 7. The van der Waals surface area contributed by atoms with Gasteiger partial charge in [0.05, 0.1) is 24.7 Å². The Hall–Kier alpha value is -3.13. The number of para-hydroxylation sites is 1. The molecule has 0 atom stereocenters. The van der Waals surface area contributed by atoms with Crippen molar-refractivity contribution in [1.82, 2.24) is 14.9 Å². The summed E-state index contributed by atoms with van der Waals surface area (Å²) in [6.45, 7) is 3.92. The molecule has 0 aliphatic carbocycles. The summed E-state index contributed by atoms with van der Waals surface area (Å²) in [5.41, 5.74) is 3.04. The molecule has 29 heavy (non-hydrogen) atoms. The van der Waals surface area contributed by atoms with Crippen molar-refractivity contribution in [3.8, 4) is 11.5 Å². The molecule has 2 aromatic heterocycles. The van der Waals surface area contributed by atoms with Crippen LogP contribution in [0.2, 0.25) is 0 Å². The fraction of sp³-hybridized carbons (Fsp3) is 0.238. The minimum atomic E-state index is 0.616. The van der Waals surface area contributed by atoms with Gasteiger partial charge in [0.1, 0.15) is 16.9 Å². The summed E-state index contributed by atoms with van der Waals surface area (Å²) in [5.74, 6) is 2.34. The van der Waals surface area contributed by atoms with Crippen molar-refractivity contribution >= 4 is 28.7 Å². The fourth-order valence-electron chi connectivity index (χ4n) is 3.54. The van der Waals surface area contributed by atoms with Gasteiger partial charge in [-0.15, -0.1) is 0 Å². The van der Waals surface area contributed by atoms with Crippen LogP contribution in [0.4, 0.5) is 5.82 Å². The molecule has 0 radical (unpaired) electrons. The third-order valence-corrected chi connectivity index (χ3v) is 5.66. The van der Waals surface area contributed by atoms with Crippen LogP contribution in [0.1, 0.15) is 18.1 Å². The topological polar surface area (TPSA) is 74.3 Å². The van der Waals surface area contributed by atoms with Gasteiger partial charge < -0.3 is 18.7 Å². The number of aromatic nitrogens is 3. The Kier molecular flexibility index (Phi) is 4.77. The van der Waals surface area contributed by atoms with Crippen LogP contribution in [0.25, 0.3) is 11.0 Å². The smallest absolute Gasteiger partial charge is 0.191 e. The average molecular weight is 408 g/mol. The van der Waals surface area contributed by atoms with Gasteiger partial charge in [0.25, 0.3) is 0 Å². The Morgan fingerprint density at radius 2 is 2.21 bits per heavy atom. The van der Waals surface area contributed by atoms with E-state index in [1.54, 1.807) is 6.20 Å². The number of nitrogens with one attached hydrogen (secondary N) is 1. The lowest BCUT2D eigenvalue weighted by Crippen LogP contribution is -2.02. The molecule has 0 amide bonds. The average Bonchev–Trinajstić information content (AvgIpc) is 3.48. The number of fused-ring (bicyclic) bond motifs is 3. The van der Waals surface area contributed by atoms with Crippen molar-refractivity contribution in [3.05, 3.63) is 59.9 Å². The molecule has 148 valence electrons. The van der Waals surface area contributed by atoms with E-state index < -0.39 is 0 Å². The predicted octanol–water partition coefficient (Wildman–Crippen LogP) is 4.53. The van der Waals surface area contributed by atoms with Crippen LogP contribution in [0.3, 0.4) is 0 Å². The lowest BCUT2D eigenvalue weighted by molar-refractivity contribution is 0.332. The summed E-state index contributed by atoms with van der Waals surface area (Å²) in [5, 5.41) is 9.44. The van der Waals surface area contributed by atoms with Crippen molar-refractivity contribution in [2.24, 2.45) is 0 Å². The lowest BCUT2D eigenvalue weighted by atomic mass is 10.0. The summed E-state index contributed by atoms with van der Waals surface area (Å²) in [4.78, 5) is 0.985. The second kappa shape index (κ2) is 7.71. The quantitative estimate of drug-likeness (QED) is 0.451. The minimum Gasteiger partial charge on any atom is -0.493 e. The number of anilines is 1. The van der Waals surface area contributed by atoms with E-state index in [9.17, 15) is 0 Å². The number of ether oxygens (including phenoxy) is 2. The van der Waals surface area contributed by atoms with E-state index >= 15 is 0 Å². The Morgan fingerprint density at radius 1 is 1.28 bits per heavy atom. The highest BCUT2D eigenvalue weighted by atomic mass is 32.2. The van der Waals surface area contributed by atoms with E-state index in [-0.39, 0.29) is 0 Å². The van der Waals surface area contributed by atoms with Gasteiger partial charge in [0, 0.05) is 24.4 Å². The molecular formula is C21H20N4O3S. The normalized spacial score (nSPS) is 12.7. The molecule has 1 N–H and O–H groups in total. The highest BCUT2D eigenvalue weighted by Crippen LogP contribution is 2.42. The van der Waals surface area contributed by atoms with Crippen molar-refractivity contribution in [3.63, 3.8) is 0 Å². The molecule has 0 saturated carbocycles. The molecule has 5 rings (SSSR count). The Labute approximate surface area is 172 Å². The van der Waals surface area contributed by atoms with Crippen molar-refractivity contribution < 1.29 is 14.0 Å². The van der Waals surface area contributed by atoms with Crippen LogP contribution < -0.4 is 14.2 Å². The lowest BCUT2D eigenvalue weighted by Gasteiger charge is -2.11. The van der Waals surface area contributed by atoms with E-state index in [4.69, 9.17) is 14.0 Å².